The third-order valence-electron chi connectivity index (χ3n) is 3.51. The lowest BCUT2D eigenvalue weighted by atomic mass is 10.2. The third kappa shape index (κ3) is 8.11. The molecule has 0 saturated carbocycles. The lowest BCUT2D eigenvalue weighted by Crippen LogP contribution is -2.49. The summed E-state index contributed by atoms with van der Waals surface area (Å²) in [5.41, 5.74) is 5.98. The van der Waals surface area contributed by atoms with Gasteiger partial charge in [0.1, 0.15) is 5.75 Å². The van der Waals surface area contributed by atoms with E-state index in [1.807, 2.05) is 30.3 Å². The molecule has 0 saturated heterocycles. The van der Waals surface area contributed by atoms with Crippen molar-refractivity contribution < 1.29 is 23.9 Å². The Morgan fingerprint density at radius 2 is 1.70 bits per heavy atom. The first-order valence-electron chi connectivity index (χ1n) is 9.01. The van der Waals surface area contributed by atoms with Crippen molar-refractivity contribution in [3.8, 4) is 5.75 Å². The molecule has 0 aliphatic heterocycles. The van der Waals surface area contributed by atoms with Gasteiger partial charge in [0.25, 0.3) is 5.91 Å². The SMILES string of the molecule is CCOC(=O)c1ccc(OCC(=O)NNC(=S)NC(=O)C=Cc2ccccc2)cc1. The summed E-state index contributed by atoms with van der Waals surface area (Å²) in [5.74, 6) is -0.982. The number of hydrazine groups is 1. The molecule has 0 fully saturated rings. The highest BCUT2D eigenvalue weighted by molar-refractivity contribution is 7.80. The van der Waals surface area contributed by atoms with Gasteiger partial charge in [-0.2, -0.15) is 0 Å². The molecule has 0 aliphatic carbocycles. The van der Waals surface area contributed by atoms with Gasteiger partial charge in [0.05, 0.1) is 12.2 Å². The van der Waals surface area contributed by atoms with Gasteiger partial charge >= 0.3 is 5.97 Å². The standard InChI is InChI=1S/C21H21N3O5S/c1-2-28-20(27)16-9-11-17(12-10-16)29-14-19(26)23-24-21(30)22-18(25)13-8-15-6-4-3-5-7-15/h3-13H,2,14H2,1H3,(H,23,26)(H2,22,24,25,30). The van der Waals surface area contributed by atoms with Crippen LogP contribution >= 0.6 is 12.2 Å². The molecule has 0 atom stereocenters. The Balaban J connectivity index is 1.68. The zero-order valence-electron chi connectivity index (χ0n) is 16.2. The molecule has 9 heteroatoms. The molecule has 156 valence electrons. The fourth-order valence-electron chi connectivity index (χ4n) is 2.13. The number of ether oxygens (including phenoxy) is 2. The summed E-state index contributed by atoms with van der Waals surface area (Å²) in [6.45, 7) is 1.71. The van der Waals surface area contributed by atoms with Gasteiger partial charge < -0.3 is 9.47 Å². The summed E-state index contributed by atoms with van der Waals surface area (Å²) in [7, 11) is 0. The third-order valence-corrected chi connectivity index (χ3v) is 3.72. The first-order valence-corrected chi connectivity index (χ1v) is 9.41. The molecule has 3 N–H and O–H groups in total. The van der Waals surface area contributed by atoms with Crippen LogP contribution in [0.2, 0.25) is 0 Å². The zero-order valence-corrected chi connectivity index (χ0v) is 17.0. The fourth-order valence-corrected chi connectivity index (χ4v) is 2.29. The molecule has 30 heavy (non-hydrogen) atoms. The van der Waals surface area contributed by atoms with E-state index in [1.54, 1.807) is 25.1 Å². The second-order valence-electron chi connectivity index (χ2n) is 5.77. The second kappa shape index (κ2) is 12.0. The van der Waals surface area contributed by atoms with Crippen LogP contribution in [0, 0.1) is 0 Å². The number of hydrogen-bond donors (Lipinski definition) is 3. The molecular weight excluding hydrogens is 406 g/mol. The van der Waals surface area contributed by atoms with E-state index < -0.39 is 17.8 Å². The van der Waals surface area contributed by atoms with Gasteiger partial charge in [-0.3, -0.25) is 25.8 Å². The van der Waals surface area contributed by atoms with Gasteiger partial charge in [0.2, 0.25) is 5.91 Å². The van der Waals surface area contributed by atoms with E-state index in [1.165, 1.54) is 18.2 Å². The molecule has 0 heterocycles. The summed E-state index contributed by atoms with van der Waals surface area (Å²) < 4.78 is 10.2. The van der Waals surface area contributed by atoms with Crippen molar-refractivity contribution in [1.82, 2.24) is 16.2 Å². The summed E-state index contributed by atoms with van der Waals surface area (Å²) in [6.07, 6.45) is 2.96. The van der Waals surface area contributed by atoms with E-state index in [0.717, 1.165) is 5.56 Å². The fraction of sp³-hybridized carbons (Fsp3) is 0.143. The maximum absolute atomic E-state index is 11.8. The minimum atomic E-state index is -0.513. The topological polar surface area (TPSA) is 106 Å². The van der Waals surface area contributed by atoms with E-state index in [2.05, 4.69) is 16.2 Å². The maximum Gasteiger partial charge on any atom is 0.338 e. The largest absolute Gasteiger partial charge is 0.484 e. The number of nitrogens with one attached hydrogen (secondary N) is 3. The van der Waals surface area contributed by atoms with Crippen LogP contribution in [-0.2, 0) is 14.3 Å². The predicted octanol–water partition coefficient (Wildman–Crippen LogP) is 1.98. The van der Waals surface area contributed by atoms with E-state index in [4.69, 9.17) is 21.7 Å². The molecule has 0 aliphatic rings. The van der Waals surface area contributed by atoms with Crippen LogP contribution < -0.4 is 20.9 Å². The van der Waals surface area contributed by atoms with Crippen molar-refractivity contribution in [1.29, 1.82) is 0 Å². The minimum absolute atomic E-state index is 0.0650. The lowest BCUT2D eigenvalue weighted by Gasteiger charge is -2.10. The summed E-state index contributed by atoms with van der Waals surface area (Å²) in [6, 6.07) is 15.5. The molecule has 2 amide bonds. The molecule has 2 aromatic carbocycles. The molecule has 0 spiro atoms. The van der Waals surface area contributed by atoms with Gasteiger partial charge in [0, 0.05) is 6.08 Å². The van der Waals surface area contributed by atoms with Crippen LogP contribution in [0.25, 0.3) is 6.08 Å². The Hall–Kier alpha value is -3.72. The van der Waals surface area contributed by atoms with Crippen molar-refractivity contribution >= 4 is 41.2 Å². The van der Waals surface area contributed by atoms with Crippen molar-refractivity contribution in [2.45, 2.75) is 6.92 Å². The molecule has 2 aromatic rings. The summed E-state index contributed by atoms with van der Waals surface area (Å²) >= 11 is 4.94. The van der Waals surface area contributed by atoms with Crippen molar-refractivity contribution in [3.05, 3.63) is 71.8 Å². The lowest BCUT2D eigenvalue weighted by molar-refractivity contribution is -0.123. The van der Waals surface area contributed by atoms with Crippen LogP contribution in [0.1, 0.15) is 22.8 Å². The Morgan fingerprint density at radius 3 is 2.37 bits per heavy atom. The van der Waals surface area contributed by atoms with Crippen LogP contribution in [0.15, 0.2) is 60.7 Å². The number of carbonyl (C=O) groups excluding carboxylic acids is 3. The average molecular weight is 427 g/mol. The molecule has 0 aromatic heterocycles. The normalized spacial score (nSPS) is 10.2. The number of thiocarbonyl (C=S) groups is 1. The Labute approximate surface area is 179 Å². The molecule has 0 radical (unpaired) electrons. The Morgan fingerprint density at radius 1 is 1.00 bits per heavy atom. The highest BCUT2D eigenvalue weighted by Gasteiger charge is 2.08. The minimum Gasteiger partial charge on any atom is -0.484 e. The van der Waals surface area contributed by atoms with Gasteiger partial charge in [0.15, 0.2) is 11.7 Å². The van der Waals surface area contributed by atoms with Crippen molar-refractivity contribution in [2.24, 2.45) is 0 Å². The van der Waals surface area contributed by atoms with Gasteiger partial charge in [-0.25, -0.2) is 4.79 Å². The summed E-state index contributed by atoms with van der Waals surface area (Å²) in [4.78, 5) is 35.2. The van der Waals surface area contributed by atoms with Crippen LogP contribution in [0.5, 0.6) is 5.75 Å². The number of benzene rings is 2. The number of esters is 1. The quantitative estimate of drug-likeness (QED) is 0.269. The molecule has 0 bridgehead atoms. The van der Waals surface area contributed by atoms with E-state index >= 15 is 0 Å². The van der Waals surface area contributed by atoms with Crippen LogP contribution in [-0.4, -0.2) is 36.1 Å². The predicted molar refractivity (Wildman–Crippen MR) is 115 cm³/mol. The average Bonchev–Trinajstić information content (AvgIpc) is 2.76. The summed E-state index contributed by atoms with van der Waals surface area (Å²) in [5, 5.41) is 2.34. The first-order chi connectivity index (χ1) is 14.5. The monoisotopic (exact) mass is 427 g/mol. The molecule has 8 nitrogen and oxygen atoms in total. The smallest absolute Gasteiger partial charge is 0.338 e. The van der Waals surface area contributed by atoms with Crippen LogP contribution in [0.3, 0.4) is 0 Å². The highest BCUT2D eigenvalue weighted by Crippen LogP contribution is 2.12. The molecule has 2 rings (SSSR count). The van der Waals surface area contributed by atoms with Gasteiger partial charge in [-0.1, -0.05) is 30.3 Å². The number of rotatable bonds is 7. The van der Waals surface area contributed by atoms with E-state index in [9.17, 15) is 14.4 Å². The number of carbonyl (C=O) groups is 3. The first kappa shape index (κ1) is 22.6. The second-order valence-corrected chi connectivity index (χ2v) is 6.18. The van der Waals surface area contributed by atoms with Crippen molar-refractivity contribution in [2.75, 3.05) is 13.2 Å². The Bertz CT molecular complexity index is 914. The van der Waals surface area contributed by atoms with Gasteiger partial charge in [-0.15, -0.1) is 0 Å². The van der Waals surface area contributed by atoms with E-state index in [-0.39, 0.29) is 18.3 Å². The number of amides is 2. The van der Waals surface area contributed by atoms with Crippen LogP contribution in [0.4, 0.5) is 0 Å². The Kier molecular flexibility index (Phi) is 9.01. The number of hydrogen-bond acceptors (Lipinski definition) is 6. The van der Waals surface area contributed by atoms with Crippen molar-refractivity contribution in [3.63, 3.8) is 0 Å². The van der Waals surface area contributed by atoms with E-state index in [0.29, 0.717) is 11.3 Å². The van der Waals surface area contributed by atoms with Gasteiger partial charge in [-0.05, 0) is 55.0 Å². The zero-order chi connectivity index (χ0) is 21.8. The molecular formula is C21H21N3O5S. The molecule has 0 unspecified atom stereocenters. The maximum atomic E-state index is 11.8. The highest BCUT2D eigenvalue weighted by atomic mass is 32.1.